The van der Waals surface area contributed by atoms with E-state index in [9.17, 15) is 14.9 Å². The fraction of sp³-hybridized carbons (Fsp3) is 0.158. The maximum atomic E-state index is 12.3. The molecule has 8 nitrogen and oxygen atoms in total. The lowest BCUT2D eigenvalue weighted by atomic mass is 9.96. The standard InChI is InChI=1S/C19H16N4O4/c1-2-27-14-8-6-11(7-9-14)17-15-16(20-19(24)18(15)22-21-17)12-4-3-5-13(10-12)23(25)26/h3-10,16H,2H2,1H3,(H,20,24)(H,21,22)/t16-/m0/s1. The Balaban J connectivity index is 1.77. The van der Waals surface area contributed by atoms with Gasteiger partial charge in [-0.15, -0.1) is 0 Å². The van der Waals surface area contributed by atoms with Crippen molar-refractivity contribution in [1.82, 2.24) is 15.5 Å². The minimum Gasteiger partial charge on any atom is -0.494 e. The first kappa shape index (κ1) is 16.8. The molecule has 1 aromatic heterocycles. The van der Waals surface area contributed by atoms with E-state index in [1.54, 1.807) is 12.1 Å². The van der Waals surface area contributed by atoms with Crippen molar-refractivity contribution in [2.75, 3.05) is 6.61 Å². The zero-order chi connectivity index (χ0) is 19.0. The number of hydrogen-bond acceptors (Lipinski definition) is 5. The van der Waals surface area contributed by atoms with E-state index in [1.807, 2.05) is 31.2 Å². The fourth-order valence-electron chi connectivity index (χ4n) is 3.24. The Labute approximate surface area is 154 Å². The third-order valence-electron chi connectivity index (χ3n) is 4.45. The number of rotatable bonds is 5. The lowest BCUT2D eigenvalue weighted by Gasteiger charge is -2.13. The number of H-pyrrole nitrogens is 1. The highest BCUT2D eigenvalue weighted by molar-refractivity contribution is 6.00. The van der Waals surface area contributed by atoms with Crippen molar-refractivity contribution < 1.29 is 14.5 Å². The molecule has 0 aliphatic carbocycles. The molecule has 8 heteroatoms. The van der Waals surface area contributed by atoms with Gasteiger partial charge in [-0.3, -0.25) is 20.0 Å². The van der Waals surface area contributed by atoms with Crippen molar-refractivity contribution in [3.05, 3.63) is 75.5 Å². The Morgan fingerprint density at radius 2 is 2.00 bits per heavy atom. The van der Waals surface area contributed by atoms with Crippen LogP contribution < -0.4 is 10.1 Å². The number of fused-ring (bicyclic) bond motifs is 1. The Morgan fingerprint density at radius 1 is 1.22 bits per heavy atom. The molecule has 0 saturated carbocycles. The predicted molar refractivity (Wildman–Crippen MR) is 97.6 cm³/mol. The van der Waals surface area contributed by atoms with Gasteiger partial charge in [0.2, 0.25) is 0 Å². The highest BCUT2D eigenvalue weighted by atomic mass is 16.6. The molecule has 3 aromatic rings. The predicted octanol–water partition coefficient (Wildman–Crippen LogP) is 3.22. The summed E-state index contributed by atoms with van der Waals surface area (Å²) < 4.78 is 5.46. The van der Waals surface area contributed by atoms with Crippen LogP contribution in [0, 0.1) is 10.1 Å². The van der Waals surface area contributed by atoms with Gasteiger partial charge in [0.1, 0.15) is 11.4 Å². The van der Waals surface area contributed by atoms with Crippen LogP contribution in [0.5, 0.6) is 5.75 Å². The molecular weight excluding hydrogens is 348 g/mol. The summed E-state index contributed by atoms with van der Waals surface area (Å²) in [6.07, 6.45) is 0. The van der Waals surface area contributed by atoms with Gasteiger partial charge in [0.15, 0.2) is 0 Å². The summed E-state index contributed by atoms with van der Waals surface area (Å²) >= 11 is 0. The number of nitrogens with zero attached hydrogens (tertiary/aromatic N) is 2. The smallest absolute Gasteiger partial charge is 0.270 e. The van der Waals surface area contributed by atoms with Crippen LogP contribution in [0.2, 0.25) is 0 Å². The molecule has 4 rings (SSSR count). The first-order chi connectivity index (χ1) is 13.1. The Hall–Kier alpha value is -3.68. The number of aromatic nitrogens is 2. The second-order valence-electron chi connectivity index (χ2n) is 6.08. The molecule has 1 atom stereocenters. The van der Waals surface area contributed by atoms with Crippen LogP contribution in [0.25, 0.3) is 11.3 Å². The van der Waals surface area contributed by atoms with Crippen molar-refractivity contribution in [3.8, 4) is 17.0 Å². The number of non-ortho nitro benzene ring substituents is 1. The lowest BCUT2D eigenvalue weighted by Crippen LogP contribution is -2.21. The van der Waals surface area contributed by atoms with Crippen LogP contribution >= 0.6 is 0 Å². The number of hydrogen-bond donors (Lipinski definition) is 2. The summed E-state index contributed by atoms with van der Waals surface area (Å²) in [6, 6.07) is 13.2. The molecule has 1 aliphatic rings. The zero-order valence-electron chi connectivity index (χ0n) is 14.4. The number of carbonyl (C=O) groups excluding carboxylic acids is 1. The SMILES string of the molecule is CCOc1ccc(-c2n[nH]c3c2[C@H](c2cccc([N+](=O)[O-])c2)NC3=O)cc1. The van der Waals surface area contributed by atoms with Gasteiger partial charge in [-0.25, -0.2) is 0 Å². The maximum Gasteiger partial charge on any atom is 0.270 e. The molecule has 2 heterocycles. The summed E-state index contributed by atoms with van der Waals surface area (Å²) in [4.78, 5) is 23.0. The summed E-state index contributed by atoms with van der Waals surface area (Å²) in [5.41, 5.74) is 3.11. The Kier molecular flexibility index (Phi) is 4.08. The van der Waals surface area contributed by atoms with Gasteiger partial charge in [0.25, 0.3) is 11.6 Å². The summed E-state index contributed by atoms with van der Waals surface area (Å²) in [6.45, 7) is 2.49. The van der Waals surface area contributed by atoms with Crippen LogP contribution in [0.15, 0.2) is 48.5 Å². The van der Waals surface area contributed by atoms with Crippen LogP contribution in [-0.4, -0.2) is 27.6 Å². The van der Waals surface area contributed by atoms with Crippen LogP contribution in [0.4, 0.5) is 5.69 Å². The van der Waals surface area contributed by atoms with Crippen LogP contribution in [0.3, 0.4) is 0 Å². The van der Waals surface area contributed by atoms with Crippen LogP contribution in [-0.2, 0) is 0 Å². The Bertz CT molecular complexity index is 1030. The van der Waals surface area contributed by atoms with Crippen molar-refractivity contribution >= 4 is 11.6 Å². The number of carbonyl (C=O) groups is 1. The van der Waals surface area contributed by atoms with E-state index in [0.29, 0.717) is 29.1 Å². The molecule has 1 aliphatic heterocycles. The molecule has 136 valence electrons. The minimum absolute atomic E-state index is 0.0266. The Morgan fingerprint density at radius 3 is 2.70 bits per heavy atom. The normalized spacial score (nSPS) is 15.3. The number of nitro benzene ring substituents is 1. The van der Waals surface area contributed by atoms with Crippen molar-refractivity contribution in [2.45, 2.75) is 13.0 Å². The van der Waals surface area contributed by atoms with E-state index in [1.165, 1.54) is 12.1 Å². The zero-order valence-corrected chi connectivity index (χ0v) is 14.4. The van der Waals surface area contributed by atoms with Gasteiger partial charge in [0.05, 0.1) is 23.3 Å². The van der Waals surface area contributed by atoms with E-state index < -0.39 is 11.0 Å². The van der Waals surface area contributed by atoms with Gasteiger partial charge in [-0.1, -0.05) is 12.1 Å². The van der Waals surface area contributed by atoms with E-state index >= 15 is 0 Å². The third kappa shape index (κ3) is 2.91. The average molecular weight is 364 g/mol. The first-order valence-electron chi connectivity index (χ1n) is 8.45. The number of aromatic amines is 1. The molecule has 1 amide bonds. The van der Waals surface area contributed by atoms with E-state index in [4.69, 9.17) is 4.74 Å². The highest BCUT2D eigenvalue weighted by Crippen LogP contribution is 2.38. The molecule has 0 unspecified atom stereocenters. The third-order valence-corrected chi connectivity index (χ3v) is 4.45. The second-order valence-corrected chi connectivity index (χ2v) is 6.08. The fourth-order valence-corrected chi connectivity index (χ4v) is 3.24. The van der Waals surface area contributed by atoms with Gasteiger partial charge < -0.3 is 10.1 Å². The van der Waals surface area contributed by atoms with E-state index in [0.717, 1.165) is 11.3 Å². The second kappa shape index (κ2) is 6.56. The molecule has 0 fully saturated rings. The van der Waals surface area contributed by atoms with Gasteiger partial charge >= 0.3 is 0 Å². The van der Waals surface area contributed by atoms with Crippen molar-refractivity contribution in [3.63, 3.8) is 0 Å². The number of amides is 1. The van der Waals surface area contributed by atoms with E-state index in [-0.39, 0.29) is 11.6 Å². The topological polar surface area (TPSA) is 110 Å². The highest BCUT2D eigenvalue weighted by Gasteiger charge is 2.35. The molecular formula is C19H16N4O4. The first-order valence-corrected chi connectivity index (χ1v) is 8.45. The summed E-state index contributed by atoms with van der Waals surface area (Å²) in [5, 5.41) is 21.0. The number of nitrogens with one attached hydrogen (secondary N) is 2. The summed E-state index contributed by atoms with van der Waals surface area (Å²) in [7, 11) is 0. The molecule has 27 heavy (non-hydrogen) atoms. The van der Waals surface area contributed by atoms with Gasteiger partial charge in [-0.2, -0.15) is 5.10 Å². The number of benzene rings is 2. The lowest BCUT2D eigenvalue weighted by molar-refractivity contribution is -0.384. The minimum atomic E-state index is -0.507. The molecule has 0 saturated heterocycles. The summed E-state index contributed by atoms with van der Waals surface area (Å²) in [5.74, 6) is 0.462. The van der Waals surface area contributed by atoms with E-state index in [2.05, 4.69) is 15.5 Å². The molecule has 2 N–H and O–H groups in total. The van der Waals surface area contributed by atoms with Crippen molar-refractivity contribution in [1.29, 1.82) is 0 Å². The van der Waals surface area contributed by atoms with Crippen molar-refractivity contribution in [2.24, 2.45) is 0 Å². The average Bonchev–Trinajstić information content (AvgIpc) is 3.24. The maximum absolute atomic E-state index is 12.3. The van der Waals surface area contributed by atoms with Crippen LogP contribution in [0.1, 0.15) is 34.6 Å². The largest absolute Gasteiger partial charge is 0.494 e. The van der Waals surface area contributed by atoms with Gasteiger partial charge in [-0.05, 0) is 36.8 Å². The molecule has 2 aromatic carbocycles. The quantitative estimate of drug-likeness (QED) is 0.533. The number of nitro groups is 1. The number of ether oxygens (including phenoxy) is 1. The van der Waals surface area contributed by atoms with Gasteiger partial charge in [0, 0.05) is 23.3 Å². The molecule has 0 bridgehead atoms. The molecule has 0 spiro atoms. The molecule has 0 radical (unpaired) electrons. The monoisotopic (exact) mass is 364 g/mol.